The molecule has 0 aliphatic carbocycles. The molecule has 1 heterocycles. The van der Waals surface area contributed by atoms with E-state index in [1.807, 2.05) is 0 Å². The van der Waals surface area contributed by atoms with E-state index in [1.165, 1.54) is 18.9 Å². The molecule has 3 aromatic rings. The van der Waals surface area contributed by atoms with Crippen LogP contribution in [0.15, 0.2) is 88.3 Å². The quantitative estimate of drug-likeness (QED) is 0.474. The van der Waals surface area contributed by atoms with Crippen LogP contribution in [0.5, 0.6) is 11.5 Å². The van der Waals surface area contributed by atoms with Gasteiger partial charge in [-0.3, -0.25) is 9.59 Å². The monoisotopic (exact) mass is 466 g/mol. The van der Waals surface area contributed by atoms with E-state index in [4.69, 9.17) is 21.1 Å². The minimum atomic E-state index is -0.466. The Morgan fingerprint density at radius 3 is 2.19 bits per heavy atom. The molecule has 1 aliphatic heterocycles. The third kappa shape index (κ3) is 4.30. The third-order valence-electron chi connectivity index (χ3n) is 4.76. The van der Waals surface area contributed by atoms with Crippen LogP contribution >= 0.6 is 23.4 Å². The summed E-state index contributed by atoms with van der Waals surface area (Å²) >= 11 is 7.19. The fourth-order valence-electron chi connectivity index (χ4n) is 3.19. The maximum Gasteiger partial charge on any atom is 0.283 e. The summed E-state index contributed by atoms with van der Waals surface area (Å²) < 4.78 is 10.6. The summed E-state index contributed by atoms with van der Waals surface area (Å²) in [5.74, 6) is 0.211. The number of carbonyl (C=O) groups excluding carboxylic acids is 2. The van der Waals surface area contributed by atoms with Crippen LogP contribution in [0.25, 0.3) is 0 Å². The summed E-state index contributed by atoms with van der Waals surface area (Å²) in [5, 5.41) is 3.70. The summed E-state index contributed by atoms with van der Waals surface area (Å²) in [6, 6.07) is 21.1. The van der Waals surface area contributed by atoms with Gasteiger partial charge in [0.05, 0.1) is 19.9 Å². The number of methoxy groups -OCH3 is 2. The van der Waals surface area contributed by atoms with Crippen LogP contribution in [0.2, 0.25) is 5.02 Å². The third-order valence-corrected chi connectivity index (χ3v) is 6.10. The highest BCUT2D eigenvalue weighted by atomic mass is 35.5. The molecule has 4 rings (SSSR count). The van der Waals surface area contributed by atoms with Gasteiger partial charge in [-0.15, -0.1) is 0 Å². The van der Waals surface area contributed by atoms with E-state index < -0.39 is 11.8 Å². The molecule has 0 radical (unpaired) electrons. The first-order valence-corrected chi connectivity index (χ1v) is 10.8. The molecule has 0 saturated carbocycles. The number of anilines is 2. The maximum atomic E-state index is 13.4. The maximum absolute atomic E-state index is 13.4. The first-order chi connectivity index (χ1) is 15.5. The highest BCUT2D eigenvalue weighted by molar-refractivity contribution is 8.04. The van der Waals surface area contributed by atoms with Crippen LogP contribution in [0, 0.1) is 0 Å². The number of ether oxygens (including phenoxy) is 2. The fourth-order valence-corrected chi connectivity index (χ4v) is 4.24. The Labute approximate surface area is 194 Å². The topological polar surface area (TPSA) is 67.9 Å². The van der Waals surface area contributed by atoms with Gasteiger partial charge in [0.2, 0.25) is 0 Å². The normalized spacial score (nSPS) is 13.5. The number of rotatable bonds is 7. The van der Waals surface area contributed by atoms with Gasteiger partial charge in [-0.05, 0) is 60.7 Å². The van der Waals surface area contributed by atoms with E-state index in [9.17, 15) is 9.59 Å². The smallest absolute Gasteiger partial charge is 0.283 e. The average Bonchev–Trinajstić information content (AvgIpc) is 3.04. The molecular formula is C24H19ClN2O4S. The van der Waals surface area contributed by atoms with Crippen LogP contribution in [0.1, 0.15) is 0 Å². The van der Waals surface area contributed by atoms with Crippen molar-refractivity contribution in [3.63, 3.8) is 0 Å². The molecule has 0 spiro atoms. The molecule has 1 aliphatic rings. The second-order valence-corrected chi connectivity index (χ2v) is 8.25. The number of amides is 2. The molecule has 3 aromatic carbocycles. The predicted molar refractivity (Wildman–Crippen MR) is 126 cm³/mol. The fraction of sp³-hybridized carbons (Fsp3) is 0.0833. The van der Waals surface area contributed by atoms with E-state index in [2.05, 4.69) is 5.32 Å². The number of hydrogen-bond acceptors (Lipinski definition) is 6. The van der Waals surface area contributed by atoms with E-state index in [-0.39, 0.29) is 10.6 Å². The van der Waals surface area contributed by atoms with Crippen molar-refractivity contribution in [3.8, 4) is 11.5 Å². The highest BCUT2D eigenvalue weighted by Crippen LogP contribution is 2.40. The summed E-state index contributed by atoms with van der Waals surface area (Å²) in [5.41, 5.74) is 1.22. The zero-order chi connectivity index (χ0) is 22.7. The van der Waals surface area contributed by atoms with Crippen molar-refractivity contribution in [2.75, 3.05) is 24.4 Å². The molecule has 0 saturated heterocycles. The van der Waals surface area contributed by atoms with Gasteiger partial charge in [-0.1, -0.05) is 35.5 Å². The first-order valence-electron chi connectivity index (χ1n) is 9.62. The molecule has 162 valence electrons. The van der Waals surface area contributed by atoms with Crippen molar-refractivity contribution in [2.24, 2.45) is 0 Å². The minimum absolute atomic E-state index is 0.186. The van der Waals surface area contributed by atoms with Crippen LogP contribution in [-0.4, -0.2) is 26.0 Å². The van der Waals surface area contributed by atoms with Gasteiger partial charge in [-0.25, -0.2) is 4.90 Å². The van der Waals surface area contributed by atoms with E-state index >= 15 is 0 Å². The Kier molecular flexibility index (Phi) is 6.39. The van der Waals surface area contributed by atoms with Crippen molar-refractivity contribution >= 4 is 46.6 Å². The van der Waals surface area contributed by atoms with Gasteiger partial charge in [0.25, 0.3) is 11.8 Å². The molecule has 2 amide bonds. The van der Waals surface area contributed by atoms with Crippen LogP contribution in [0.4, 0.5) is 11.4 Å². The van der Waals surface area contributed by atoms with Crippen molar-refractivity contribution in [3.05, 3.63) is 88.4 Å². The SMILES string of the molecule is COc1ccc(NC2=C(Sc3ccc(Cl)cc3)C(=O)N(c3ccccc3OC)C2=O)cc1. The first kappa shape index (κ1) is 21.8. The molecule has 0 unspecified atom stereocenters. The van der Waals surface area contributed by atoms with Gasteiger partial charge in [-0.2, -0.15) is 0 Å². The second-order valence-electron chi connectivity index (χ2n) is 6.73. The van der Waals surface area contributed by atoms with Gasteiger partial charge in [0.15, 0.2) is 0 Å². The van der Waals surface area contributed by atoms with Gasteiger partial charge < -0.3 is 14.8 Å². The number of hydrogen-bond donors (Lipinski definition) is 1. The van der Waals surface area contributed by atoms with Crippen molar-refractivity contribution in [1.82, 2.24) is 0 Å². The Hall–Kier alpha value is -3.42. The largest absolute Gasteiger partial charge is 0.497 e. The van der Waals surface area contributed by atoms with Crippen molar-refractivity contribution < 1.29 is 19.1 Å². The van der Waals surface area contributed by atoms with Crippen molar-refractivity contribution in [1.29, 1.82) is 0 Å². The zero-order valence-electron chi connectivity index (χ0n) is 17.3. The number of halogens is 1. The second kappa shape index (κ2) is 9.38. The van der Waals surface area contributed by atoms with Crippen molar-refractivity contribution in [2.45, 2.75) is 4.90 Å². The number of nitrogens with zero attached hydrogens (tertiary/aromatic N) is 1. The average molecular weight is 467 g/mol. The number of thioether (sulfide) groups is 1. The van der Waals surface area contributed by atoms with E-state index in [0.29, 0.717) is 27.9 Å². The van der Waals surface area contributed by atoms with Gasteiger partial charge >= 0.3 is 0 Å². The molecule has 0 atom stereocenters. The molecular weight excluding hydrogens is 448 g/mol. The Balaban J connectivity index is 1.74. The summed E-state index contributed by atoms with van der Waals surface area (Å²) in [4.78, 5) is 29.1. The van der Waals surface area contributed by atoms with Crippen LogP contribution in [-0.2, 0) is 9.59 Å². The zero-order valence-corrected chi connectivity index (χ0v) is 18.9. The predicted octanol–water partition coefficient (Wildman–Crippen LogP) is 5.35. The van der Waals surface area contributed by atoms with Crippen LogP contribution < -0.4 is 19.7 Å². The van der Waals surface area contributed by atoms with E-state index in [1.54, 1.807) is 79.9 Å². The lowest BCUT2D eigenvalue weighted by molar-refractivity contribution is -0.120. The number of para-hydroxylation sites is 2. The number of nitrogens with one attached hydrogen (secondary N) is 1. The van der Waals surface area contributed by atoms with Gasteiger partial charge in [0, 0.05) is 15.6 Å². The summed E-state index contributed by atoms with van der Waals surface area (Å²) in [6.07, 6.45) is 0. The van der Waals surface area contributed by atoms with E-state index in [0.717, 1.165) is 9.80 Å². The summed E-state index contributed by atoms with van der Waals surface area (Å²) in [7, 11) is 3.08. The molecule has 1 N–H and O–H groups in total. The lowest BCUT2D eigenvalue weighted by Crippen LogP contribution is -2.32. The molecule has 0 fully saturated rings. The number of imide groups is 1. The van der Waals surface area contributed by atoms with Gasteiger partial charge in [0.1, 0.15) is 22.1 Å². The molecule has 0 aromatic heterocycles. The summed E-state index contributed by atoms with van der Waals surface area (Å²) in [6.45, 7) is 0. The number of benzene rings is 3. The minimum Gasteiger partial charge on any atom is -0.497 e. The Morgan fingerprint density at radius 2 is 1.53 bits per heavy atom. The standard InChI is InChI=1S/C24H19ClN2O4S/c1-30-17-11-9-16(10-12-17)26-21-22(32-18-13-7-15(25)8-14-18)24(29)27(23(21)28)19-5-3-4-6-20(19)31-2/h3-14,26H,1-2H3. The number of carbonyl (C=O) groups is 2. The molecule has 0 bridgehead atoms. The lowest BCUT2D eigenvalue weighted by Gasteiger charge is -2.18. The molecule has 6 nitrogen and oxygen atoms in total. The molecule has 8 heteroatoms. The highest BCUT2D eigenvalue weighted by Gasteiger charge is 2.41. The Morgan fingerprint density at radius 1 is 0.844 bits per heavy atom. The molecule has 32 heavy (non-hydrogen) atoms. The van der Waals surface area contributed by atoms with Crippen LogP contribution in [0.3, 0.4) is 0 Å². The lowest BCUT2D eigenvalue weighted by atomic mass is 10.2. The Bertz CT molecular complexity index is 1190.